The summed E-state index contributed by atoms with van der Waals surface area (Å²) in [5, 5.41) is 2.53. The van der Waals surface area contributed by atoms with E-state index in [9.17, 15) is 0 Å². The average molecular weight is 252 g/mol. The molecule has 1 nitrogen and oxygen atoms in total. The predicted octanol–water partition coefficient (Wildman–Crippen LogP) is 5.45. The first kappa shape index (κ1) is 12.3. The molecule has 0 N–H and O–H groups in total. The summed E-state index contributed by atoms with van der Waals surface area (Å²) >= 11 is 0. The van der Waals surface area contributed by atoms with Crippen LogP contribution in [0.15, 0.2) is 40.8 Å². The highest BCUT2D eigenvalue weighted by Crippen LogP contribution is 2.39. The molecule has 0 bridgehead atoms. The molecule has 0 radical (unpaired) electrons. The highest BCUT2D eigenvalue weighted by atomic mass is 16.3. The first-order chi connectivity index (χ1) is 9.02. The van der Waals surface area contributed by atoms with Gasteiger partial charge in [0.25, 0.3) is 0 Å². The second kappa shape index (κ2) is 4.12. The molecule has 1 heteroatoms. The van der Waals surface area contributed by atoms with Crippen molar-refractivity contribution in [2.45, 2.75) is 39.5 Å². The van der Waals surface area contributed by atoms with Gasteiger partial charge >= 0.3 is 0 Å². The first-order valence-corrected chi connectivity index (χ1v) is 6.96. The standard InChI is InChI=1S/C18H20O/c1-5-12-10-11-15-16(17(12)18(2,3)4)13-8-6-7-9-14(13)19-15/h6-11H,5H2,1-4H3. The molecule has 1 aromatic heterocycles. The minimum atomic E-state index is 0.123. The summed E-state index contributed by atoms with van der Waals surface area (Å²) in [6.45, 7) is 9.06. The quantitative estimate of drug-likeness (QED) is 0.561. The molecule has 0 aliphatic heterocycles. The average Bonchev–Trinajstić information content (AvgIpc) is 2.74. The lowest BCUT2D eigenvalue weighted by Gasteiger charge is -2.23. The molecular weight excluding hydrogens is 232 g/mol. The normalized spacial score (nSPS) is 12.4. The zero-order valence-electron chi connectivity index (χ0n) is 12.1. The molecule has 98 valence electrons. The molecule has 0 fully saturated rings. The molecule has 2 aromatic carbocycles. The van der Waals surface area contributed by atoms with E-state index in [-0.39, 0.29) is 5.41 Å². The number of para-hydroxylation sites is 1. The Morgan fingerprint density at radius 2 is 1.68 bits per heavy atom. The fraction of sp³-hybridized carbons (Fsp3) is 0.333. The third-order valence-corrected chi connectivity index (χ3v) is 3.76. The van der Waals surface area contributed by atoms with Crippen LogP contribution < -0.4 is 0 Å². The molecule has 1 heterocycles. The van der Waals surface area contributed by atoms with Crippen LogP contribution in [0.4, 0.5) is 0 Å². The van der Waals surface area contributed by atoms with Crippen molar-refractivity contribution in [2.75, 3.05) is 0 Å². The summed E-state index contributed by atoms with van der Waals surface area (Å²) in [5.41, 5.74) is 4.96. The lowest BCUT2D eigenvalue weighted by atomic mass is 9.80. The van der Waals surface area contributed by atoms with Crippen molar-refractivity contribution in [3.8, 4) is 0 Å². The highest BCUT2D eigenvalue weighted by Gasteiger charge is 2.23. The summed E-state index contributed by atoms with van der Waals surface area (Å²) in [6, 6.07) is 12.7. The number of aryl methyl sites for hydroxylation is 1. The van der Waals surface area contributed by atoms with Gasteiger partial charge in [0.2, 0.25) is 0 Å². The molecule has 3 rings (SSSR count). The summed E-state index contributed by atoms with van der Waals surface area (Å²) in [4.78, 5) is 0. The van der Waals surface area contributed by atoms with Crippen LogP contribution in [0.5, 0.6) is 0 Å². The van der Waals surface area contributed by atoms with E-state index in [1.54, 1.807) is 0 Å². The van der Waals surface area contributed by atoms with E-state index in [1.807, 2.05) is 12.1 Å². The van der Waals surface area contributed by atoms with Crippen LogP contribution in [0.25, 0.3) is 21.9 Å². The number of furan rings is 1. The molecule has 0 unspecified atom stereocenters. The van der Waals surface area contributed by atoms with Gasteiger partial charge in [-0.15, -0.1) is 0 Å². The third-order valence-electron chi connectivity index (χ3n) is 3.76. The fourth-order valence-corrected chi connectivity index (χ4v) is 3.01. The second-order valence-electron chi connectivity index (χ2n) is 6.17. The maximum absolute atomic E-state index is 5.99. The van der Waals surface area contributed by atoms with Crippen LogP contribution in [0.3, 0.4) is 0 Å². The molecule has 3 aromatic rings. The molecular formula is C18H20O. The lowest BCUT2D eigenvalue weighted by molar-refractivity contribution is 0.588. The third kappa shape index (κ3) is 1.85. The lowest BCUT2D eigenvalue weighted by Crippen LogP contribution is -2.14. The summed E-state index contributed by atoms with van der Waals surface area (Å²) in [6.07, 6.45) is 1.06. The molecule has 0 aliphatic carbocycles. The predicted molar refractivity (Wildman–Crippen MR) is 81.8 cm³/mol. The smallest absolute Gasteiger partial charge is 0.135 e. The molecule has 0 saturated heterocycles. The Balaban J connectivity index is 2.54. The molecule has 0 aliphatic rings. The number of rotatable bonds is 1. The number of fused-ring (bicyclic) bond motifs is 3. The van der Waals surface area contributed by atoms with Crippen LogP contribution >= 0.6 is 0 Å². The Bertz CT molecular complexity index is 741. The van der Waals surface area contributed by atoms with Crippen LogP contribution in [-0.4, -0.2) is 0 Å². The fourth-order valence-electron chi connectivity index (χ4n) is 3.01. The zero-order valence-corrected chi connectivity index (χ0v) is 12.1. The maximum Gasteiger partial charge on any atom is 0.135 e. The van der Waals surface area contributed by atoms with E-state index in [2.05, 4.69) is 52.0 Å². The van der Waals surface area contributed by atoms with Crippen molar-refractivity contribution in [1.29, 1.82) is 0 Å². The van der Waals surface area contributed by atoms with Gasteiger partial charge in [-0.05, 0) is 35.1 Å². The SMILES string of the molecule is CCc1ccc2oc3ccccc3c2c1C(C)(C)C. The molecule has 19 heavy (non-hydrogen) atoms. The zero-order chi connectivity index (χ0) is 13.6. The Labute approximate surface area is 114 Å². The van der Waals surface area contributed by atoms with Gasteiger partial charge in [0, 0.05) is 10.8 Å². The second-order valence-corrected chi connectivity index (χ2v) is 6.17. The van der Waals surface area contributed by atoms with Crippen molar-refractivity contribution in [1.82, 2.24) is 0 Å². The van der Waals surface area contributed by atoms with Crippen LogP contribution in [0.1, 0.15) is 38.8 Å². The van der Waals surface area contributed by atoms with Gasteiger partial charge in [0.05, 0.1) is 0 Å². The highest BCUT2D eigenvalue weighted by molar-refractivity contribution is 6.07. The molecule has 0 spiro atoms. The summed E-state index contributed by atoms with van der Waals surface area (Å²) in [5.74, 6) is 0. The van der Waals surface area contributed by atoms with Gasteiger partial charge in [-0.3, -0.25) is 0 Å². The van der Waals surface area contributed by atoms with Crippen LogP contribution in [0.2, 0.25) is 0 Å². The van der Waals surface area contributed by atoms with Crippen molar-refractivity contribution in [2.24, 2.45) is 0 Å². The van der Waals surface area contributed by atoms with E-state index in [4.69, 9.17) is 4.42 Å². The van der Waals surface area contributed by atoms with Crippen LogP contribution in [-0.2, 0) is 11.8 Å². The summed E-state index contributed by atoms with van der Waals surface area (Å²) < 4.78 is 5.99. The van der Waals surface area contributed by atoms with Gasteiger partial charge < -0.3 is 4.42 Å². The van der Waals surface area contributed by atoms with E-state index in [0.717, 1.165) is 17.6 Å². The van der Waals surface area contributed by atoms with E-state index in [0.29, 0.717) is 0 Å². The molecule has 0 saturated carbocycles. The maximum atomic E-state index is 5.99. The number of hydrogen-bond acceptors (Lipinski definition) is 1. The Hall–Kier alpha value is -1.76. The van der Waals surface area contributed by atoms with Gasteiger partial charge in [-0.1, -0.05) is 52.0 Å². The first-order valence-electron chi connectivity index (χ1n) is 6.96. The van der Waals surface area contributed by atoms with E-state index in [1.165, 1.54) is 21.9 Å². The topological polar surface area (TPSA) is 13.1 Å². The van der Waals surface area contributed by atoms with Gasteiger partial charge in [0.15, 0.2) is 0 Å². The molecule has 0 atom stereocenters. The Morgan fingerprint density at radius 1 is 0.947 bits per heavy atom. The van der Waals surface area contributed by atoms with E-state index < -0.39 is 0 Å². The largest absolute Gasteiger partial charge is 0.456 e. The van der Waals surface area contributed by atoms with Crippen molar-refractivity contribution >= 4 is 21.9 Å². The van der Waals surface area contributed by atoms with Crippen molar-refractivity contribution in [3.63, 3.8) is 0 Å². The van der Waals surface area contributed by atoms with Crippen molar-refractivity contribution in [3.05, 3.63) is 47.5 Å². The number of hydrogen-bond donors (Lipinski definition) is 0. The van der Waals surface area contributed by atoms with Gasteiger partial charge in [-0.25, -0.2) is 0 Å². The minimum absolute atomic E-state index is 0.123. The Kier molecular flexibility index (Phi) is 2.67. The Morgan fingerprint density at radius 3 is 2.37 bits per heavy atom. The molecule has 0 amide bonds. The van der Waals surface area contributed by atoms with Crippen LogP contribution in [0, 0.1) is 0 Å². The van der Waals surface area contributed by atoms with Gasteiger partial charge in [0.1, 0.15) is 11.2 Å². The number of benzene rings is 2. The van der Waals surface area contributed by atoms with Gasteiger partial charge in [-0.2, -0.15) is 0 Å². The van der Waals surface area contributed by atoms with Crippen molar-refractivity contribution < 1.29 is 4.42 Å². The monoisotopic (exact) mass is 252 g/mol. The minimum Gasteiger partial charge on any atom is -0.456 e. The summed E-state index contributed by atoms with van der Waals surface area (Å²) in [7, 11) is 0. The van der Waals surface area contributed by atoms with E-state index >= 15 is 0 Å².